The van der Waals surface area contributed by atoms with Gasteiger partial charge in [0, 0.05) is 48.2 Å². The summed E-state index contributed by atoms with van der Waals surface area (Å²) < 4.78 is -1.15. The van der Waals surface area contributed by atoms with Crippen molar-refractivity contribution in [1.82, 2.24) is 9.80 Å². The molecule has 3 saturated heterocycles. The molecule has 9 heteroatoms. The first-order valence-electron chi connectivity index (χ1n) is 13.4. The predicted octanol–water partition coefficient (Wildman–Crippen LogP) is 4.15. The fourth-order valence-corrected chi connectivity index (χ4v) is 9.17. The summed E-state index contributed by atoms with van der Waals surface area (Å²) in [7, 11) is 0. The number of benzene rings is 1. The Kier molecular flexibility index (Phi) is 8.65. The van der Waals surface area contributed by atoms with Gasteiger partial charge in [-0.25, -0.2) is 0 Å². The Hall–Kier alpha value is -2.29. The van der Waals surface area contributed by atoms with E-state index in [2.05, 4.69) is 20.1 Å². The van der Waals surface area contributed by atoms with Crippen LogP contribution in [0, 0.1) is 11.8 Å². The average Bonchev–Trinajstić information content (AvgIpc) is 3.46. The van der Waals surface area contributed by atoms with Crippen molar-refractivity contribution < 1.29 is 19.5 Å². The Morgan fingerprint density at radius 1 is 1.18 bits per heavy atom. The second kappa shape index (κ2) is 11.4. The lowest BCUT2D eigenvalue weighted by atomic mass is 9.66. The summed E-state index contributed by atoms with van der Waals surface area (Å²) in [6, 6.07) is 6.30. The van der Waals surface area contributed by atoms with Crippen LogP contribution in [0.25, 0.3) is 0 Å². The first-order valence-corrected chi connectivity index (χ1v) is 14.6. The molecule has 3 aliphatic rings. The van der Waals surface area contributed by atoms with Gasteiger partial charge in [0.25, 0.3) is 5.91 Å². The zero-order chi connectivity index (χ0) is 27.7. The molecule has 5 atom stereocenters. The smallest absolute Gasteiger partial charge is 0.251 e. The molecule has 0 saturated carbocycles. The molecule has 38 heavy (non-hydrogen) atoms. The van der Waals surface area contributed by atoms with Gasteiger partial charge in [0.1, 0.15) is 6.04 Å². The lowest BCUT2D eigenvalue weighted by Gasteiger charge is -2.38. The fourth-order valence-electron chi connectivity index (χ4n) is 6.70. The van der Waals surface area contributed by atoms with Crippen molar-refractivity contribution in [2.45, 2.75) is 55.1 Å². The molecule has 3 heterocycles. The van der Waals surface area contributed by atoms with E-state index in [1.54, 1.807) is 62.9 Å². The van der Waals surface area contributed by atoms with E-state index in [1.807, 2.05) is 6.92 Å². The van der Waals surface area contributed by atoms with Crippen molar-refractivity contribution >= 4 is 46.8 Å². The van der Waals surface area contributed by atoms with Gasteiger partial charge in [0.15, 0.2) is 0 Å². The van der Waals surface area contributed by atoms with Gasteiger partial charge in [-0.1, -0.05) is 30.7 Å². The van der Waals surface area contributed by atoms with Crippen LogP contribution in [0.4, 0.5) is 5.69 Å². The van der Waals surface area contributed by atoms with Crippen LogP contribution < -0.4 is 4.90 Å². The third-order valence-corrected chi connectivity index (χ3v) is 10.4. The maximum Gasteiger partial charge on any atom is 0.251 e. The molecule has 3 fully saturated rings. The Morgan fingerprint density at radius 2 is 1.87 bits per heavy atom. The monoisotopic (exact) mass is 559 g/mol. The molecule has 1 aromatic carbocycles. The highest BCUT2D eigenvalue weighted by atomic mass is 35.5. The van der Waals surface area contributed by atoms with Gasteiger partial charge in [-0.05, 0) is 56.9 Å². The highest BCUT2D eigenvalue weighted by molar-refractivity contribution is 8.02. The second-order valence-electron chi connectivity index (χ2n) is 10.6. The van der Waals surface area contributed by atoms with E-state index in [0.717, 1.165) is 12.8 Å². The predicted molar refractivity (Wildman–Crippen MR) is 153 cm³/mol. The minimum atomic E-state index is -0.745. The minimum absolute atomic E-state index is 0.0301. The molecule has 3 amide bonds. The topological polar surface area (TPSA) is 81.2 Å². The highest BCUT2D eigenvalue weighted by Gasteiger charge is 2.77. The maximum absolute atomic E-state index is 14.5. The standard InChI is InChI=1S/C29H38ClN3O4S/c1-5-15-31(16-6-2)25(35)22-23-26(36)33(18-8-19-34)24(29(23)14-13-28(22,4)38-29)27(37)32(17-7-3)21-11-9-20(30)10-12-21/h5,7,9-12,22-24,34H,1,3,6,8,13-19H2,2,4H3/t22-,23+,24?,28+,29?/m1/s1. The quantitative estimate of drug-likeness (QED) is 0.389. The van der Waals surface area contributed by atoms with E-state index in [9.17, 15) is 19.5 Å². The summed E-state index contributed by atoms with van der Waals surface area (Å²) in [5, 5.41) is 10.2. The molecular formula is C29H38ClN3O4S. The van der Waals surface area contributed by atoms with Gasteiger partial charge in [0.05, 0.1) is 16.6 Å². The normalized spacial score (nSPS) is 29.3. The number of likely N-dealkylation sites (tertiary alicyclic amines) is 1. The minimum Gasteiger partial charge on any atom is -0.396 e. The first-order chi connectivity index (χ1) is 18.2. The van der Waals surface area contributed by atoms with Crippen LogP contribution in [0.15, 0.2) is 49.6 Å². The summed E-state index contributed by atoms with van der Waals surface area (Å²) in [5.74, 6) is -1.49. The lowest BCUT2D eigenvalue weighted by molar-refractivity contribution is -0.145. The van der Waals surface area contributed by atoms with Gasteiger partial charge < -0.3 is 19.8 Å². The lowest BCUT2D eigenvalue weighted by Crippen LogP contribution is -2.55. The van der Waals surface area contributed by atoms with Crippen molar-refractivity contribution in [3.8, 4) is 0 Å². The van der Waals surface area contributed by atoms with Crippen LogP contribution in [0.3, 0.4) is 0 Å². The molecule has 1 spiro atoms. The number of thioether (sulfide) groups is 1. The van der Waals surface area contributed by atoms with E-state index in [1.165, 1.54) is 0 Å². The van der Waals surface area contributed by atoms with Crippen LogP contribution in [-0.4, -0.2) is 80.9 Å². The molecule has 0 aliphatic carbocycles. The Labute approximate surface area is 234 Å². The molecule has 7 nitrogen and oxygen atoms in total. The van der Waals surface area contributed by atoms with Crippen molar-refractivity contribution in [3.05, 3.63) is 54.6 Å². The van der Waals surface area contributed by atoms with E-state index in [0.29, 0.717) is 36.6 Å². The van der Waals surface area contributed by atoms with Gasteiger partial charge >= 0.3 is 0 Å². The number of aliphatic hydroxyl groups excluding tert-OH is 1. The summed E-state index contributed by atoms with van der Waals surface area (Å²) >= 11 is 7.77. The number of aliphatic hydroxyl groups is 1. The molecule has 2 unspecified atom stereocenters. The molecule has 1 aromatic rings. The maximum atomic E-state index is 14.5. The van der Waals surface area contributed by atoms with Crippen molar-refractivity contribution in [1.29, 1.82) is 0 Å². The van der Waals surface area contributed by atoms with Gasteiger partial charge in [-0.2, -0.15) is 0 Å². The number of rotatable bonds is 12. The number of carbonyl (C=O) groups excluding carboxylic acids is 3. The molecule has 0 radical (unpaired) electrons. The number of fused-ring (bicyclic) bond motifs is 1. The number of nitrogens with zero attached hydrogens (tertiary/aromatic N) is 3. The number of carbonyl (C=O) groups is 3. The first kappa shape index (κ1) is 28.7. The van der Waals surface area contributed by atoms with Crippen LogP contribution in [0.2, 0.25) is 5.02 Å². The molecular weight excluding hydrogens is 522 g/mol. The third-order valence-electron chi connectivity index (χ3n) is 8.20. The van der Waals surface area contributed by atoms with Gasteiger partial charge in [-0.15, -0.1) is 24.9 Å². The van der Waals surface area contributed by atoms with Crippen LogP contribution in [0.5, 0.6) is 0 Å². The van der Waals surface area contributed by atoms with Crippen molar-refractivity contribution in [2.24, 2.45) is 11.8 Å². The van der Waals surface area contributed by atoms with E-state index < -0.39 is 27.4 Å². The Morgan fingerprint density at radius 3 is 2.47 bits per heavy atom. The SMILES string of the molecule is C=CCN(CCC)C(=O)[C@H]1[C@H]2C(=O)N(CCCO)C(C(=O)N(CC=C)c3ccc(Cl)cc3)C23CC[C@]1(C)S3. The zero-order valence-electron chi connectivity index (χ0n) is 22.3. The van der Waals surface area contributed by atoms with E-state index >= 15 is 0 Å². The molecule has 2 bridgehead atoms. The summed E-state index contributed by atoms with van der Waals surface area (Å²) in [6.45, 7) is 13.2. The average molecular weight is 560 g/mol. The highest BCUT2D eigenvalue weighted by Crippen LogP contribution is 2.71. The molecule has 0 aromatic heterocycles. The Balaban J connectivity index is 1.78. The molecule has 1 N–H and O–H groups in total. The fraction of sp³-hybridized carbons (Fsp3) is 0.552. The summed E-state index contributed by atoms with van der Waals surface area (Å²) in [4.78, 5) is 47.8. The van der Waals surface area contributed by atoms with Crippen molar-refractivity contribution in [2.75, 3.05) is 37.7 Å². The van der Waals surface area contributed by atoms with Gasteiger partial charge in [-0.3, -0.25) is 14.4 Å². The molecule has 4 rings (SSSR count). The number of anilines is 1. The molecule has 206 valence electrons. The van der Waals surface area contributed by atoms with E-state index in [4.69, 9.17) is 11.6 Å². The molecule has 3 aliphatic heterocycles. The van der Waals surface area contributed by atoms with Crippen LogP contribution in [0.1, 0.15) is 39.5 Å². The van der Waals surface area contributed by atoms with Crippen molar-refractivity contribution in [3.63, 3.8) is 0 Å². The third kappa shape index (κ3) is 4.69. The number of hydrogen-bond donors (Lipinski definition) is 1. The number of hydrogen-bond acceptors (Lipinski definition) is 5. The van der Waals surface area contributed by atoms with Crippen LogP contribution in [-0.2, 0) is 14.4 Å². The summed E-state index contributed by atoms with van der Waals surface area (Å²) in [6.07, 6.45) is 5.99. The second-order valence-corrected chi connectivity index (χ2v) is 13.0. The van der Waals surface area contributed by atoms with E-state index in [-0.39, 0.29) is 37.4 Å². The van der Waals surface area contributed by atoms with Crippen LogP contribution >= 0.6 is 23.4 Å². The largest absolute Gasteiger partial charge is 0.396 e. The zero-order valence-corrected chi connectivity index (χ0v) is 23.8. The summed E-state index contributed by atoms with van der Waals surface area (Å²) in [5.41, 5.74) is 0.671. The number of amides is 3. The Bertz CT molecular complexity index is 1100. The number of halogens is 1. The van der Waals surface area contributed by atoms with Gasteiger partial charge in [0.2, 0.25) is 11.8 Å².